The Morgan fingerprint density at radius 2 is 2.00 bits per heavy atom. The van der Waals surface area contributed by atoms with Gasteiger partial charge in [-0.05, 0) is 42.5 Å². The average Bonchev–Trinajstić information content (AvgIpc) is 2.36. The summed E-state index contributed by atoms with van der Waals surface area (Å²) < 4.78 is 0. The Hall–Kier alpha value is -0.770. The quantitative estimate of drug-likeness (QED) is 0.915. The van der Waals surface area contributed by atoms with Crippen molar-refractivity contribution in [2.24, 2.45) is 11.7 Å². The lowest BCUT2D eigenvalue weighted by molar-refractivity contribution is -0.138. The second-order valence-electron chi connectivity index (χ2n) is 6.30. The Labute approximate surface area is 136 Å². The number of nitrogens with zero attached hydrogens (tertiary/aromatic N) is 1. The molecule has 3 nitrogen and oxygen atoms in total. The summed E-state index contributed by atoms with van der Waals surface area (Å²) in [5, 5.41) is 1.15. The fourth-order valence-corrected chi connectivity index (χ4v) is 3.79. The van der Waals surface area contributed by atoms with Gasteiger partial charge in [0.15, 0.2) is 0 Å². The number of halogens is 2. The Morgan fingerprint density at radius 1 is 1.38 bits per heavy atom. The van der Waals surface area contributed by atoms with Gasteiger partial charge in [0, 0.05) is 23.6 Å². The summed E-state index contributed by atoms with van der Waals surface area (Å²) in [7, 11) is 1.78. The third-order valence-corrected chi connectivity index (χ3v) is 4.58. The van der Waals surface area contributed by atoms with Gasteiger partial charge in [-0.1, -0.05) is 43.0 Å². The first-order chi connectivity index (χ1) is 9.80. The molecule has 2 N–H and O–H groups in total. The highest BCUT2D eigenvalue weighted by Gasteiger charge is 2.39. The summed E-state index contributed by atoms with van der Waals surface area (Å²) in [6, 6.07) is 5.33. The molecule has 1 aromatic rings. The minimum atomic E-state index is -0.727. The van der Waals surface area contributed by atoms with Gasteiger partial charge in [0.1, 0.15) is 0 Å². The minimum absolute atomic E-state index is 0.00477. The lowest BCUT2D eigenvalue weighted by Crippen LogP contribution is -2.56. The molecule has 0 heterocycles. The highest BCUT2D eigenvalue weighted by molar-refractivity contribution is 6.34. The zero-order chi connectivity index (χ0) is 15.6. The Morgan fingerprint density at radius 3 is 2.57 bits per heavy atom. The van der Waals surface area contributed by atoms with Crippen molar-refractivity contribution >= 4 is 29.1 Å². The van der Waals surface area contributed by atoms with E-state index in [1.807, 2.05) is 12.1 Å². The number of hydrogen-bond acceptors (Lipinski definition) is 2. The maximum absolute atomic E-state index is 12.7. The first kappa shape index (κ1) is 16.6. The van der Waals surface area contributed by atoms with Gasteiger partial charge in [-0.3, -0.25) is 4.79 Å². The first-order valence-electron chi connectivity index (χ1n) is 7.29. The van der Waals surface area contributed by atoms with Crippen molar-refractivity contribution in [2.45, 2.75) is 44.7 Å². The van der Waals surface area contributed by atoms with Crippen LogP contribution in [0.2, 0.25) is 10.0 Å². The minimum Gasteiger partial charge on any atom is -0.340 e. The van der Waals surface area contributed by atoms with E-state index in [1.54, 1.807) is 18.0 Å². The molecule has 2 atom stereocenters. The van der Waals surface area contributed by atoms with Crippen molar-refractivity contribution in [1.82, 2.24) is 4.90 Å². The molecule has 1 saturated carbocycles. The number of likely N-dealkylation sites (N-methyl/N-ethyl adjacent to an activating group) is 1. The van der Waals surface area contributed by atoms with Crippen molar-refractivity contribution < 1.29 is 4.79 Å². The summed E-state index contributed by atoms with van der Waals surface area (Å²) in [5.41, 5.74) is 6.55. The second kappa shape index (κ2) is 6.55. The smallest absolute Gasteiger partial charge is 0.242 e. The van der Waals surface area contributed by atoms with E-state index in [0.29, 0.717) is 22.5 Å². The summed E-state index contributed by atoms with van der Waals surface area (Å²) in [4.78, 5) is 14.4. The molecular weight excluding hydrogens is 307 g/mol. The van der Waals surface area contributed by atoms with Gasteiger partial charge in [0.2, 0.25) is 5.91 Å². The molecule has 0 spiro atoms. The number of hydrogen-bond donors (Lipinski definition) is 1. The molecule has 21 heavy (non-hydrogen) atoms. The zero-order valence-electron chi connectivity index (χ0n) is 12.5. The predicted molar refractivity (Wildman–Crippen MR) is 87.5 cm³/mol. The molecule has 0 aliphatic heterocycles. The number of nitrogens with two attached hydrogens (primary N) is 1. The third-order valence-electron chi connectivity index (χ3n) is 4.15. The second-order valence-corrected chi connectivity index (χ2v) is 7.17. The van der Waals surface area contributed by atoms with Crippen LogP contribution in [-0.2, 0) is 11.3 Å². The maximum atomic E-state index is 12.7. The summed E-state index contributed by atoms with van der Waals surface area (Å²) in [5.74, 6) is 0.506. The van der Waals surface area contributed by atoms with Crippen molar-refractivity contribution in [3.8, 4) is 0 Å². The Balaban J connectivity index is 2.08. The zero-order valence-corrected chi connectivity index (χ0v) is 14.0. The van der Waals surface area contributed by atoms with Crippen LogP contribution in [0.4, 0.5) is 0 Å². The number of carbonyl (C=O) groups is 1. The van der Waals surface area contributed by atoms with Crippen LogP contribution < -0.4 is 5.73 Å². The largest absolute Gasteiger partial charge is 0.340 e. The van der Waals surface area contributed by atoms with Crippen LogP contribution in [0, 0.1) is 5.92 Å². The SMILES string of the molecule is CC1CCCC(N)(C(=O)N(C)Cc2cc(Cl)cc(Cl)c2)C1. The van der Waals surface area contributed by atoms with E-state index in [2.05, 4.69) is 6.92 Å². The monoisotopic (exact) mass is 328 g/mol. The van der Waals surface area contributed by atoms with Gasteiger partial charge < -0.3 is 10.6 Å². The molecule has 2 rings (SSSR count). The molecule has 0 aromatic heterocycles. The number of amides is 1. The predicted octanol–water partition coefficient (Wildman–Crippen LogP) is 3.86. The molecule has 0 radical (unpaired) electrons. The lowest BCUT2D eigenvalue weighted by Gasteiger charge is -2.38. The van der Waals surface area contributed by atoms with Crippen LogP contribution in [0.1, 0.15) is 38.2 Å². The third kappa shape index (κ3) is 4.12. The van der Waals surface area contributed by atoms with Crippen molar-refractivity contribution in [2.75, 3.05) is 7.05 Å². The van der Waals surface area contributed by atoms with E-state index >= 15 is 0 Å². The highest BCUT2D eigenvalue weighted by Crippen LogP contribution is 2.32. The van der Waals surface area contributed by atoms with Gasteiger partial charge in [-0.15, -0.1) is 0 Å². The normalized spacial score (nSPS) is 25.7. The molecule has 0 bridgehead atoms. The van der Waals surface area contributed by atoms with Gasteiger partial charge in [0.25, 0.3) is 0 Å². The van der Waals surface area contributed by atoms with Crippen LogP contribution in [0.25, 0.3) is 0 Å². The lowest BCUT2D eigenvalue weighted by atomic mass is 9.76. The van der Waals surface area contributed by atoms with Crippen LogP contribution in [0.5, 0.6) is 0 Å². The fourth-order valence-electron chi connectivity index (χ4n) is 3.21. The summed E-state index contributed by atoms with van der Waals surface area (Å²) in [6.07, 6.45) is 3.68. The molecule has 5 heteroatoms. The number of rotatable bonds is 3. The standard InChI is InChI=1S/C16H22Cl2N2O/c1-11-4-3-5-16(19,9-11)15(21)20(2)10-12-6-13(17)8-14(18)7-12/h6-8,11H,3-5,9-10,19H2,1-2H3. The molecule has 2 unspecified atom stereocenters. The van der Waals surface area contributed by atoms with E-state index < -0.39 is 5.54 Å². The number of carbonyl (C=O) groups excluding carboxylic acids is 1. The van der Waals surface area contributed by atoms with Gasteiger partial charge >= 0.3 is 0 Å². The molecule has 116 valence electrons. The summed E-state index contributed by atoms with van der Waals surface area (Å²) >= 11 is 12.0. The molecule has 0 saturated heterocycles. The Bertz CT molecular complexity index is 515. The van der Waals surface area contributed by atoms with E-state index in [4.69, 9.17) is 28.9 Å². The molecule has 1 aliphatic carbocycles. The van der Waals surface area contributed by atoms with Gasteiger partial charge in [0.05, 0.1) is 5.54 Å². The van der Waals surface area contributed by atoms with Crippen LogP contribution in [-0.4, -0.2) is 23.4 Å². The van der Waals surface area contributed by atoms with Crippen molar-refractivity contribution in [3.63, 3.8) is 0 Å². The molecule has 1 fully saturated rings. The van der Waals surface area contributed by atoms with Crippen LogP contribution in [0.15, 0.2) is 18.2 Å². The van der Waals surface area contributed by atoms with E-state index in [1.165, 1.54) is 0 Å². The number of benzene rings is 1. The summed E-state index contributed by atoms with van der Waals surface area (Å²) in [6.45, 7) is 2.62. The molecular formula is C16H22Cl2N2O. The molecule has 1 aromatic carbocycles. The van der Waals surface area contributed by atoms with E-state index in [0.717, 1.165) is 31.2 Å². The van der Waals surface area contributed by atoms with Crippen molar-refractivity contribution in [1.29, 1.82) is 0 Å². The van der Waals surface area contributed by atoms with Crippen LogP contribution >= 0.6 is 23.2 Å². The van der Waals surface area contributed by atoms with Gasteiger partial charge in [-0.2, -0.15) is 0 Å². The first-order valence-corrected chi connectivity index (χ1v) is 8.05. The highest BCUT2D eigenvalue weighted by atomic mass is 35.5. The average molecular weight is 329 g/mol. The molecule has 1 amide bonds. The van der Waals surface area contributed by atoms with Crippen LogP contribution in [0.3, 0.4) is 0 Å². The van der Waals surface area contributed by atoms with Gasteiger partial charge in [-0.25, -0.2) is 0 Å². The molecule has 1 aliphatic rings. The van der Waals surface area contributed by atoms with E-state index in [-0.39, 0.29) is 5.91 Å². The fraction of sp³-hybridized carbons (Fsp3) is 0.562. The topological polar surface area (TPSA) is 46.3 Å². The maximum Gasteiger partial charge on any atom is 0.242 e. The Kier molecular flexibility index (Phi) is 5.18. The van der Waals surface area contributed by atoms with E-state index in [9.17, 15) is 4.79 Å². The van der Waals surface area contributed by atoms with Crippen molar-refractivity contribution in [3.05, 3.63) is 33.8 Å².